The highest BCUT2D eigenvalue weighted by Crippen LogP contribution is 2.51. The molecular formula is C64H38F6N2. The molecule has 0 saturated carbocycles. The summed E-state index contributed by atoms with van der Waals surface area (Å²) in [5.74, 6) is -3.39. The van der Waals surface area contributed by atoms with Crippen molar-refractivity contribution in [3.8, 4) is 44.5 Å². The van der Waals surface area contributed by atoms with Crippen molar-refractivity contribution in [3.63, 3.8) is 0 Å². The third-order valence-electron chi connectivity index (χ3n) is 13.4. The van der Waals surface area contributed by atoms with Crippen molar-refractivity contribution in [2.45, 2.75) is 0 Å². The maximum absolute atomic E-state index is 16.7. The van der Waals surface area contributed by atoms with E-state index in [-0.39, 0.29) is 22.7 Å². The minimum Gasteiger partial charge on any atom is -0.304 e. The van der Waals surface area contributed by atoms with Crippen molar-refractivity contribution >= 4 is 66.4 Å². The van der Waals surface area contributed by atoms with Gasteiger partial charge >= 0.3 is 0 Å². The number of hydrogen-bond donors (Lipinski definition) is 0. The highest BCUT2D eigenvalue weighted by molar-refractivity contribution is 6.29. The molecule has 0 N–H and O–H groups in total. The predicted octanol–water partition coefficient (Wildman–Crippen LogP) is 19.0. The zero-order valence-corrected chi connectivity index (χ0v) is 38.1. The van der Waals surface area contributed by atoms with Crippen LogP contribution in [-0.4, -0.2) is 0 Å². The average Bonchev–Trinajstić information content (AvgIpc) is 3.41. The second kappa shape index (κ2) is 18.0. The summed E-state index contributed by atoms with van der Waals surface area (Å²) in [6, 6.07) is 64.3. The fourth-order valence-corrected chi connectivity index (χ4v) is 10.1. The van der Waals surface area contributed by atoms with E-state index in [4.69, 9.17) is 0 Å². The van der Waals surface area contributed by atoms with Gasteiger partial charge in [0.25, 0.3) is 0 Å². The van der Waals surface area contributed by atoms with Gasteiger partial charge in [0.1, 0.15) is 34.9 Å². The first kappa shape index (κ1) is 44.1. The van der Waals surface area contributed by atoms with E-state index in [1.165, 1.54) is 36.4 Å². The molecule has 0 aliphatic rings. The average molecular weight is 949 g/mol. The molecule has 0 fully saturated rings. The molecule has 0 aliphatic carbocycles. The first-order valence-corrected chi connectivity index (χ1v) is 23.3. The lowest BCUT2D eigenvalue weighted by atomic mass is 9.90. The predicted molar refractivity (Wildman–Crippen MR) is 281 cm³/mol. The first-order chi connectivity index (χ1) is 35.2. The number of anilines is 6. The minimum absolute atomic E-state index is 0.0244. The summed E-state index contributed by atoms with van der Waals surface area (Å²) >= 11 is 0. The van der Waals surface area contributed by atoms with Crippen molar-refractivity contribution in [2.24, 2.45) is 0 Å². The smallest absolute Gasteiger partial charge is 0.147 e. The van der Waals surface area contributed by atoms with Crippen LogP contribution in [0.4, 0.5) is 60.5 Å². The van der Waals surface area contributed by atoms with E-state index < -0.39 is 34.9 Å². The van der Waals surface area contributed by atoms with Gasteiger partial charge in [0.15, 0.2) is 0 Å². The molecule has 12 aromatic carbocycles. The lowest BCUT2D eigenvalue weighted by Gasteiger charge is -2.31. The van der Waals surface area contributed by atoms with E-state index in [1.807, 2.05) is 109 Å². The van der Waals surface area contributed by atoms with Gasteiger partial charge in [0.2, 0.25) is 0 Å². The molecule has 0 unspecified atom stereocenters. The van der Waals surface area contributed by atoms with Crippen LogP contribution in [0.2, 0.25) is 0 Å². The van der Waals surface area contributed by atoms with Crippen LogP contribution in [0.5, 0.6) is 0 Å². The SMILES string of the molecule is Fc1cc(-c2ccc(F)c(N(c3ccccc3F)c3cc4cccc5c(N(c6ccccc6F)c6cc(-c7ccc(-c8ccccc8)c(F)c7)ccc6F)cc6cccc3c6c45)c2)ccc1-c1ccccc1. The molecule has 8 heteroatoms. The molecule has 0 amide bonds. The Hall–Kier alpha value is -9.14. The summed E-state index contributed by atoms with van der Waals surface area (Å²) in [6.45, 7) is 0. The Balaban J connectivity index is 1.04. The van der Waals surface area contributed by atoms with Crippen LogP contribution in [0.3, 0.4) is 0 Å². The molecule has 346 valence electrons. The molecule has 0 bridgehead atoms. The van der Waals surface area contributed by atoms with Crippen LogP contribution in [0.25, 0.3) is 76.8 Å². The monoisotopic (exact) mass is 948 g/mol. The Labute approximate surface area is 410 Å². The van der Waals surface area contributed by atoms with Gasteiger partial charge in [-0.3, -0.25) is 0 Å². The van der Waals surface area contributed by atoms with E-state index in [0.717, 1.165) is 10.8 Å². The lowest BCUT2D eigenvalue weighted by Crippen LogP contribution is -2.15. The van der Waals surface area contributed by atoms with Crippen LogP contribution >= 0.6 is 0 Å². The third-order valence-corrected chi connectivity index (χ3v) is 13.4. The molecule has 0 aliphatic heterocycles. The number of para-hydroxylation sites is 2. The second-order valence-corrected chi connectivity index (χ2v) is 17.6. The molecule has 0 radical (unpaired) electrons. The second-order valence-electron chi connectivity index (χ2n) is 17.6. The Kier molecular flexibility index (Phi) is 11.0. The summed E-state index contributed by atoms with van der Waals surface area (Å²) in [5, 5.41) is 4.14. The Morgan fingerprint density at radius 3 is 0.986 bits per heavy atom. The van der Waals surface area contributed by atoms with Crippen molar-refractivity contribution in [3.05, 3.63) is 265 Å². The quantitative estimate of drug-likeness (QED) is 0.0996. The summed E-state index contributed by atoms with van der Waals surface area (Å²) in [6.07, 6.45) is 0. The summed E-state index contributed by atoms with van der Waals surface area (Å²) in [7, 11) is 0. The van der Waals surface area contributed by atoms with Gasteiger partial charge in [0.05, 0.1) is 34.1 Å². The van der Waals surface area contributed by atoms with E-state index in [0.29, 0.717) is 77.4 Å². The molecule has 0 spiro atoms. The van der Waals surface area contributed by atoms with Crippen molar-refractivity contribution in [1.29, 1.82) is 0 Å². The highest BCUT2D eigenvalue weighted by atomic mass is 19.1. The largest absolute Gasteiger partial charge is 0.304 e. The zero-order valence-electron chi connectivity index (χ0n) is 38.1. The molecule has 12 aromatic rings. The third kappa shape index (κ3) is 7.65. The maximum atomic E-state index is 16.7. The van der Waals surface area contributed by atoms with Gasteiger partial charge in [-0.2, -0.15) is 0 Å². The maximum Gasteiger partial charge on any atom is 0.147 e. The van der Waals surface area contributed by atoms with E-state index >= 15 is 26.3 Å². The molecule has 72 heavy (non-hydrogen) atoms. The first-order valence-electron chi connectivity index (χ1n) is 23.3. The molecule has 0 saturated heterocycles. The summed E-state index contributed by atoms with van der Waals surface area (Å²) in [4.78, 5) is 3.10. The number of benzene rings is 12. The van der Waals surface area contributed by atoms with Gasteiger partial charge in [0, 0.05) is 21.9 Å². The number of rotatable bonds is 10. The van der Waals surface area contributed by atoms with E-state index in [1.54, 1.807) is 94.7 Å². The molecular weight excluding hydrogens is 911 g/mol. The van der Waals surface area contributed by atoms with Gasteiger partial charge in [-0.1, -0.05) is 158 Å². The van der Waals surface area contributed by atoms with Crippen LogP contribution in [-0.2, 0) is 0 Å². The van der Waals surface area contributed by atoms with Crippen molar-refractivity contribution < 1.29 is 26.3 Å². The topological polar surface area (TPSA) is 6.48 Å². The van der Waals surface area contributed by atoms with Gasteiger partial charge in [-0.05, 0) is 128 Å². The lowest BCUT2D eigenvalue weighted by molar-refractivity contribution is 0.619. The summed E-state index contributed by atoms with van der Waals surface area (Å²) in [5.41, 5.74) is 5.39. The van der Waals surface area contributed by atoms with Crippen molar-refractivity contribution in [1.82, 2.24) is 0 Å². The van der Waals surface area contributed by atoms with Gasteiger partial charge in [-0.25, -0.2) is 26.3 Å². The Morgan fingerprint density at radius 1 is 0.222 bits per heavy atom. The zero-order chi connectivity index (χ0) is 49.0. The molecule has 0 atom stereocenters. The summed E-state index contributed by atoms with van der Waals surface area (Å²) < 4.78 is 97.8. The molecule has 0 aromatic heterocycles. The molecule has 2 nitrogen and oxygen atoms in total. The standard InChI is InChI=1S/C64H38F6N2/c65-51-21-7-9-23-57(51)71(61-35-43(27-31-53(61)67)41-25-29-47(55(69)33-41)39-13-3-1-4-14-39)59-37-45-17-12-20-50-60(38-46-18-11-19-49(59)63(46)64(45)50)72(58-24-10-8-22-52(58)66)62-36-44(28-32-54(62)68)42-26-30-48(56(70)34-42)40-15-5-2-6-16-40/h1-38H. The van der Waals surface area contributed by atoms with Gasteiger partial charge < -0.3 is 9.80 Å². The Bertz CT molecular complexity index is 3760. The normalized spacial score (nSPS) is 11.5. The van der Waals surface area contributed by atoms with Crippen LogP contribution in [0.1, 0.15) is 0 Å². The van der Waals surface area contributed by atoms with Crippen LogP contribution in [0, 0.1) is 34.9 Å². The number of hydrogen-bond acceptors (Lipinski definition) is 2. The van der Waals surface area contributed by atoms with E-state index in [2.05, 4.69) is 0 Å². The van der Waals surface area contributed by atoms with Crippen LogP contribution in [0.15, 0.2) is 231 Å². The fraction of sp³-hybridized carbons (Fsp3) is 0. The fourth-order valence-electron chi connectivity index (χ4n) is 10.1. The Morgan fingerprint density at radius 2 is 0.583 bits per heavy atom. The molecule has 12 rings (SSSR count). The highest BCUT2D eigenvalue weighted by Gasteiger charge is 2.28. The van der Waals surface area contributed by atoms with Gasteiger partial charge in [-0.15, -0.1) is 0 Å². The van der Waals surface area contributed by atoms with Crippen LogP contribution < -0.4 is 9.80 Å². The number of nitrogens with zero attached hydrogens (tertiary/aromatic N) is 2. The van der Waals surface area contributed by atoms with Crippen molar-refractivity contribution in [2.75, 3.05) is 9.80 Å². The molecule has 0 heterocycles. The van der Waals surface area contributed by atoms with E-state index in [9.17, 15) is 0 Å². The minimum atomic E-state index is -0.643. The number of halogens is 6.